The van der Waals surface area contributed by atoms with Crippen LogP contribution in [-0.4, -0.2) is 104 Å². The minimum Gasteiger partial charge on any atom is -0.497 e. The van der Waals surface area contributed by atoms with Crippen LogP contribution >= 0.6 is 0 Å². The zero-order valence-corrected chi connectivity index (χ0v) is 19.0. The summed E-state index contributed by atoms with van der Waals surface area (Å²) >= 11 is 0. The van der Waals surface area contributed by atoms with Crippen molar-refractivity contribution in [2.45, 2.75) is 43.6 Å². The molecule has 0 spiro atoms. The molecule has 3 amide bonds. The van der Waals surface area contributed by atoms with E-state index in [1.165, 1.54) is 0 Å². The van der Waals surface area contributed by atoms with Gasteiger partial charge in [0.2, 0.25) is 5.91 Å². The van der Waals surface area contributed by atoms with Gasteiger partial charge in [-0.2, -0.15) is 0 Å². The van der Waals surface area contributed by atoms with Crippen LogP contribution in [0.3, 0.4) is 0 Å². The SMILES string of the molecule is COc1ccc(NC(=O)N2C[C@@H](O)COC[C@@H]3O[C@@H](CC(=O)N4CCOCC4)CC[C@H]32)cc1. The van der Waals surface area contributed by atoms with Gasteiger partial charge in [0.15, 0.2) is 0 Å². The van der Waals surface area contributed by atoms with E-state index in [4.69, 9.17) is 18.9 Å². The van der Waals surface area contributed by atoms with Crippen molar-refractivity contribution in [3.8, 4) is 5.75 Å². The summed E-state index contributed by atoms with van der Waals surface area (Å²) in [6, 6.07) is 6.52. The number of hydrogen-bond acceptors (Lipinski definition) is 7. The highest BCUT2D eigenvalue weighted by atomic mass is 16.5. The summed E-state index contributed by atoms with van der Waals surface area (Å²) in [5.41, 5.74) is 0.635. The number of carbonyl (C=O) groups excluding carboxylic acids is 2. The Bertz CT molecular complexity index is 800. The zero-order chi connectivity index (χ0) is 23.2. The summed E-state index contributed by atoms with van der Waals surface area (Å²) in [6.45, 7) is 2.87. The lowest BCUT2D eigenvalue weighted by molar-refractivity contribution is -0.156. The molecule has 1 aromatic rings. The minimum atomic E-state index is -0.784. The molecule has 0 bridgehead atoms. The third kappa shape index (κ3) is 6.14. The molecular weight excluding hydrogens is 430 g/mol. The topological polar surface area (TPSA) is 110 Å². The number of carbonyl (C=O) groups is 2. The number of anilines is 1. The van der Waals surface area contributed by atoms with E-state index in [1.807, 2.05) is 4.90 Å². The Balaban J connectivity index is 1.40. The maximum absolute atomic E-state index is 13.2. The van der Waals surface area contributed by atoms with Crippen LogP contribution in [-0.2, 0) is 19.0 Å². The summed E-state index contributed by atoms with van der Waals surface area (Å²) in [7, 11) is 1.59. The first kappa shape index (κ1) is 23.7. The van der Waals surface area contributed by atoms with Gasteiger partial charge in [-0.05, 0) is 37.1 Å². The number of nitrogens with one attached hydrogen (secondary N) is 1. The number of nitrogens with zero attached hydrogens (tertiary/aromatic N) is 2. The summed E-state index contributed by atoms with van der Waals surface area (Å²) in [6.07, 6.45) is 0.256. The number of aliphatic hydroxyl groups excluding tert-OH is 1. The summed E-state index contributed by atoms with van der Waals surface area (Å²) < 4.78 is 22.4. The molecule has 3 aliphatic heterocycles. The highest BCUT2D eigenvalue weighted by Gasteiger charge is 2.40. The number of morpholine rings is 1. The maximum Gasteiger partial charge on any atom is 0.322 e. The highest BCUT2D eigenvalue weighted by molar-refractivity contribution is 5.89. The molecule has 3 heterocycles. The van der Waals surface area contributed by atoms with Gasteiger partial charge in [0, 0.05) is 18.8 Å². The van der Waals surface area contributed by atoms with Gasteiger partial charge in [-0.1, -0.05) is 0 Å². The van der Waals surface area contributed by atoms with Crippen molar-refractivity contribution in [2.75, 3.05) is 58.5 Å². The van der Waals surface area contributed by atoms with Crippen molar-refractivity contribution in [1.29, 1.82) is 0 Å². The van der Waals surface area contributed by atoms with Crippen LogP contribution in [0.25, 0.3) is 0 Å². The summed E-state index contributed by atoms with van der Waals surface area (Å²) in [4.78, 5) is 29.3. The van der Waals surface area contributed by atoms with E-state index in [9.17, 15) is 14.7 Å². The first-order valence-corrected chi connectivity index (χ1v) is 11.5. The Morgan fingerprint density at radius 1 is 1.12 bits per heavy atom. The molecule has 3 aliphatic rings. The number of methoxy groups -OCH3 is 1. The second-order valence-corrected chi connectivity index (χ2v) is 8.64. The normalized spacial score (nSPS) is 28.3. The largest absolute Gasteiger partial charge is 0.497 e. The van der Waals surface area contributed by atoms with Gasteiger partial charge in [0.1, 0.15) is 11.9 Å². The summed E-state index contributed by atoms with van der Waals surface area (Å²) in [5, 5.41) is 13.2. The predicted octanol–water partition coefficient (Wildman–Crippen LogP) is 1.09. The van der Waals surface area contributed by atoms with Crippen molar-refractivity contribution in [3.05, 3.63) is 24.3 Å². The Morgan fingerprint density at radius 3 is 2.61 bits per heavy atom. The molecule has 33 heavy (non-hydrogen) atoms. The molecule has 4 atom stereocenters. The van der Waals surface area contributed by atoms with Crippen LogP contribution in [0.4, 0.5) is 10.5 Å². The Labute approximate surface area is 193 Å². The third-order valence-corrected chi connectivity index (χ3v) is 6.35. The number of β-amino-alcohol motifs (C(OH)–C–C–N with tert-alkyl or cyclic N) is 1. The monoisotopic (exact) mass is 463 g/mol. The fourth-order valence-electron chi connectivity index (χ4n) is 4.58. The molecule has 4 rings (SSSR count). The van der Waals surface area contributed by atoms with E-state index in [2.05, 4.69) is 5.32 Å². The molecular formula is C23H33N3O7. The van der Waals surface area contributed by atoms with Gasteiger partial charge in [0.25, 0.3) is 0 Å². The van der Waals surface area contributed by atoms with E-state index >= 15 is 0 Å². The standard InChI is InChI=1S/C23H33N3O7/c1-30-18-4-2-16(3-5-18)24-23(29)26-13-17(27)14-32-15-21-20(26)7-6-19(33-21)12-22(28)25-8-10-31-11-9-25/h2-5,17,19-21,27H,6-15H2,1H3,(H,24,29)/t17-,19-,20-,21+/m1/s1. The summed E-state index contributed by atoms with van der Waals surface area (Å²) in [5.74, 6) is 0.767. The van der Waals surface area contributed by atoms with Crippen LogP contribution in [0.15, 0.2) is 24.3 Å². The number of urea groups is 1. The van der Waals surface area contributed by atoms with Gasteiger partial charge in [-0.15, -0.1) is 0 Å². The molecule has 0 aliphatic carbocycles. The predicted molar refractivity (Wildman–Crippen MR) is 119 cm³/mol. The van der Waals surface area contributed by atoms with Crippen LogP contribution in [0.1, 0.15) is 19.3 Å². The quantitative estimate of drug-likeness (QED) is 0.688. The smallest absolute Gasteiger partial charge is 0.322 e. The van der Waals surface area contributed by atoms with Crippen LogP contribution in [0.5, 0.6) is 5.75 Å². The van der Waals surface area contributed by atoms with Crippen LogP contribution < -0.4 is 10.1 Å². The second-order valence-electron chi connectivity index (χ2n) is 8.64. The third-order valence-electron chi connectivity index (χ3n) is 6.35. The van der Waals surface area contributed by atoms with Gasteiger partial charge < -0.3 is 39.2 Å². The number of aliphatic hydroxyl groups is 1. The van der Waals surface area contributed by atoms with E-state index in [-0.39, 0.29) is 49.9 Å². The van der Waals surface area contributed by atoms with Gasteiger partial charge in [-0.25, -0.2) is 4.79 Å². The molecule has 10 nitrogen and oxygen atoms in total. The molecule has 0 radical (unpaired) electrons. The molecule has 0 saturated carbocycles. The van der Waals surface area contributed by atoms with Crippen LogP contribution in [0.2, 0.25) is 0 Å². The van der Waals surface area contributed by atoms with Crippen molar-refractivity contribution >= 4 is 17.6 Å². The van der Waals surface area contributed by atoms with Crippen molar-refractivity contribution in [3.63, 3.8) is 0 Å². The average Bonchev–Trinajstić information content (AvgIpc) is 2.83. The van der Waals surface area contributed by atoms with Gasteiger partial charge in [-0.3, -0.25) is 4.79 Å². The molecule has 1 aromatic carbocycles. The number of rotatable bonds is 4. The molecule has 3 fully saturated rings. The molecule has 10 heteroatoms. The average molecular weight is 464 g/mol. The molecule has 3 saturated heterocycles. The first-order valence-electron chi connectivity index (χ1n) is 11.5. The Hall–Kier alpha value is -2.40. The van der Waals surface area contributed by atoms with E-state index in [0.29, 0.717) is 57.0 Å². The van der Waals surface area contributed by atoms with E-state index in [0.717, 1.165) is 0 Å². The Kier molecular flexibility index (Phi) is 8.02. The highest BCUT2D eigenvalue weighted by Crippen LogP contribution is 2.29. The van der Waals surface area contributed by atoms with Gasteiger partial charge in [0.05, 0.1) is 64.8 Å². The lowest BCUT2D eigenvalue weighted by Crippen LogP contribution is -2.58. The molecule has 2 N–H and O–H groups in total. The second kappa shape index (κ2) is 11.1. The molecule has 0 aromatic heterocycles. The van der Waals surface area contributed by atoms with Gasteiger partial charge >= 0.3 is 6.03 Å². The van der Waals surface area contributed by atoms with Crippen molar-refractivity contribution < 1.29 is 33.6 Å². The van der Waals surface area contributed by atoms with E-state index < -0.39 is 6.10 Å². The molecule has 0 unspecified atom stereocenters. The number of benzene rings is 1. The first-order chi connectivity index (χ1) is 16.0. The Morgan fingerprint density at radius 2 is 1.88 bits per heavy atom. The fraction of sp³-hybridized carbons (Fsp3) is 0.652. The fourth-order valence-corrected chi connectivity index (χ4v) is 4.58. The maximum atomic E-state index is 13.2. The minimum absolute atomic E-state index is 0.0676. The lowest BCUT2D eigenvalue weighted by Gasteiger charge is -2.44. The van der Waals surface area contributed by atoms with Crippen molar-refractivity contribution in [1.82, 2.24) is 9.80 Å². The number of ether oxygens (including phenoxy) is 4. The number of fused-ring (bicyclic) bond motifs is 1. The van der Waals surface area contributed by atoms with Crippen molar-refractivity contribution in [2.24, 2.45) is 0 Å². The number of hydrogen-bond donors (Lipinski definition) is 2. The van der Waals surface area contributed by atoms with Crippen LogP contribution in [0, 0.1) is 0 Å². The van der Waals surface area contributed by atoms with E-state index in [1.54, 1.807) is 36.3 Å². The zero-order valence-electron chi connectivity index (χ0n) is 19.0. The lowest BCUT2D eigenvalue weighted by atomic mass is 9.94. The molecule has 182 valence electrons. The number of amides is 3.